The minimum Gasteiger partial charge on any atom is -0.369 e. The molecule has 0 spiro atoms. The smallest absolute Gasteiger partial charge is 0.295 e. The second-order valence-corrected chi connectivity index (χ2v) is 9.39. The van der Waals surface area contributed by atoms with Crippen LogP contribution >= 0.6 is 0 Å². The minimum atomic E-state index is -3.62. The first-order valence-electron chi connectivity index (χ1n) is 9.91. The first-order valence-corrected chi connectivity index (χ1v) is 11.3. The summed E-state index contributed by atoms with van der Waals surface area (Å²) in [4.78, 5) is 14.9. The topological polar surface area (TPSA) is 87.0 Å². The van der Waals surface area contributed by atoms with Crippen molar-refractivity contribution in [2.75, 3.05) is 49.1 Å². The van der Waals surface area contributed by atoms with E-state index < -0.39 is 20.8 Å². The maximum atomic E-state index is 14.6. The lowest BCUT2D eigenvalue weighted by atomic mass is 10.1. The molecule has 2 aliphatic rings. The van der Waals surface area contributed by atoms with Crippen LogP contribution in [0.25, 0.3) is 0 Å². The molecule has 10 heteroatoms. The number of halogens is 1. The van der Waals surface area contributed by atoms with Crippen molar-refractivity contribution >= 4 is 27.1 Å². The lowest BCUT2D eigenvalue weighted by Crippen LogP contribution is -2.48. The van der Waals surface area contributed by atoms with E-state index in [0.29, 0.717) is 11.4 Å². The van der Waals surface area contributed by atoms with Gasteiger partial charge < -0.3 is 9.80 Å². The predicted octanol–water partition coefficient (Wildman–Crippen LogP) is 2.85. The van der Waals surface area contributed by atoms with Crippen molar-refractivity contribution in [1.82, 2.24) is 4.31 Å². The average molecular weight is 434 g/mol. The molecular formula is C20H23FN4O4S. The van der Waals surface area contributed by atoms with Gasteiger partial charge in [0.1, 0.15) is 5.69 Å². The van der Waals surface area contributed by atoms with E-state index in [1.807, 2.05) is 4.90 Å². The Hall–Kier alpha value is -2.72. The molecule has 8 nitrogen and oxygen atoms in total. The van der Waals surface area contributed by atoms with Crippen molar-refractivity contribution in [3.05, 3.63) is 58.4 Å². The lowest BCUT2D eigenvalue weighted by Gasteiger charge is -2.35. The van der Waals surface area contributed by atoms with E-state index in [1.165, 1.54) is 4.31 Å². The van der Waals surface area contributed by atoms with Crippen LogP contribution in [0.4, 0.5) is 21.5 Å². The van der Waals surface area contributed by atoms with Gasteiger partial charge in [-0.05, 0) is 31.0 Å². The van der Waals surface area contributed by atoms with Crippen molar-refractivity contribution < 1.29 is 17.7 Å². The summed E-state index contributed by atoms with van der Waals surface area (Å²) >= 11 is 0. The van der Waals surface area contributed by atoms with Crippen LogP contribution in [0.2, 0.25) is 0 Å². The van der Waals surface area contributed by atoms with Crippen molar-refractivity contribution in [2.45, 2.75) is 17.7 Å². The lowest BCUT2D eigenvalue weighted by molar-refractivity contribution is -0.384. The largest absolute Gasteiger partial charge is 0.369 e. The molecule has 160 valence electrons. The number of sulfonamides is 1. The Morgan fingerprint density at radius 2 is 1.47 bits per heavy atom. The number of nitro groups is 1. The first kappa shape index (κ1) is 20.5. The third kappa shape index (κ3) is 3.84. The third-order valence-corrected chi connectivity index (χ3v) is 7.56. The number of rotatable bonds is 5. The van der Waals surface area contributed by atoms with Crippen molar-refractivity contribution in [3.63, 3.8) is 0 Å². The van der Waals surface area contributed by atoms with Gasteiger partial charge in [-0.15, -0.1) is 0 Å². The average Bonchev–Trinajstić information content (AvgIpc) is 3.29. The molecule has 0 bridgehead atoms. The fraction of sp³-hybridized carbons (Fsp3) is 0.400. The highest BCUT2D eigenvalue weighted by Crippen LogP contribution is 2.37. The standard InChI is InChI=1S/C20H23FN4O4S/c21-17-14-20(25(26)27)19(15-18(17)22-8-4-5-9-22)23-10-12-24(13-11-23)30(28,29)16-6-2-1-3-7-16/h1-3,6-7,14-15H,4-5,8-13H2. The van der Waals surface area contributed by atoms with E-state index >= 15 is 0 Å². The molecule has 30 heavy (non-hydrogen) atoms. The Morgan fingerprint density at radius 1 is 0.867 bits per heavy atom. The van der Waals surface area contributed by atoms with Gasteiger partial charge in [-0.3, -0.25) is 10.1 Å². The van der Waals surface area contributed by atoms with E-state index in [1.54, 1.807) is 41.3 Å². The van der Waals surface area contributed by atoms with Crippen LogP contribution in [0, 0.1) is 15.9 Å². The van der Waals surface area contributed by atoms with Gasteiger partial charge in [-0.2, -0.15) is 4.31 Å². The normalized spacial score (nSPS) is 18.0. The van der Waals surface area contributed by atoms with Crippen LogP contribution < -0.4 is 9.80 Å². The van der Waals surface area contributed by atoms with Gasteiger partial charge in [0.2, 0.25) is 10.0 Å². The number of hydrogen-bond acceptors (Lipinski definition) is 6. The predicted molar refractivity (Wildman–Crippen MR) is 112 cm³/mol. The minimum absolute atomic E-state index is 0.199. The van der Waals surface area contributed by atoms with Crippen molar-refractivity contribution in [2.24, 2.45) is 0 Å². The van der Waals surface area contributed by atoms with Gasteiger partial charge in [-0.1, -0.05) is 18.2 Å². The molecule has 0 atom stereocenters. The Labute approximate surface area is 174 Å². The summed E-state index contributed by atoms with van der Waals surface area (Å²) in [5, 5.41) is 11.6. The Bertz CT molecular complexity index is 1030. The van der Waals surface area contributed by atoms with E-state index in [4.69, 9.17) is 0 Å². The number of nitro benzene ring substituents is 1. The highest BCUT2D eigenvalue weighted by molar-refractivity contribution is 7.89. The Balaban J connectivity index is 1.58. The summed E-state index contributed by atoms with van der Waals surface area (Å²) in [7, 11) is -3.62. The molecule has 0 aromatic heterocycles. The fourth-order valence-corrected chi connectivity index (χ4v) is 5.49. The number of anilines is 2. The molecule has 2 saturated heterocycles. The molecule has 2 aromatic carbocycles. The highest BCUT2D eigenvalue weighted by Gasteiger charge is 2.32. The number of piperazine rings is 1. The van der Waals surface area contributed by atoms with Crippen LogP contribution in [0.1, 0.15) is 12.8 Å². The number of nitrogens with zero attached hydrogens (tertiary/aromatic N) is 4. The monoisotopic (exact) mass is 434 g/mol. The molecule has 2 fully saturated rings. The highest BCUT2D eigenvalue weighted by atomic mass is 32.2. The zero-order valence-electron chi connectivity index (χ0n) is 16.4. The Morgan fingerprint density at radius 3 is 2.07 bits per heavy atom. The van der Waals surface area contributed by atoms with Gasteiger partial charge in [-0.25, -0.2) is 12.8 Å². The van der Waals surface area contributed by atoms with Gasteiger partial charge in [0, 0.05) is 39.3 Å². The van der Waals surface area contributed by atoms with Crippen LogP contribution in [-0.4, -0.2) is 56.9 Å². The maximum Gasteiger partial charge on any atom is 0.295 e. The zero-order valence-corrected chi connectivity index (χ0v) is 17.2. The SMILES string of the molecule is O=[N+]([O-])c1cc(F)c(N2CCCC2)cc1N1CCN(S(=O)(=O)c2ccccc2)CC1. The molecule has 2 aromatic rings. The van der Waals surface area contributed by atoms with Gasteiger partial charge >= 0.3 is 0 Å². The second-order valence-electron chi connectivity index (χ2n) is 7.45. The molecule has 0 N–H and O–H groups in total. The quantitative estimate of drug-likeness (QED) is 0.531. The number of hydrogen-bond donors (Lipinski definition) is 0. The van der Waals surface area contributed by atoms with Crippen LogP contribution in [0.5, 0.6) is 0 Å². The van der Waals surface area contributed by atoms with E-state index in [-0.39, 0.29) is 36.8 Å². The summed E-state index contributed by atoms with van der Waals surface area (Å²) in [5.41, 5.74) is 0.405. The zero-order chi connectivity index (χ0) is 21.3. The third-order valence-electron chi connectivity index (χ3n) is 5.65. The summed E-state index contributed by atoms with van der Waals surface area (Å²) in [6.07, 6.45) is 1.92. The molecule has 0 saturated carbocycles. The van der Waals surface area contributed by atoms with Gasteiger partial charge in [0.15, 0.2) is 5.82 Å². The van der Waals surface area contributed by atoms with Crippen molar-refractivity contribution in [1.29, 1.82) is 0 Å². The molecule has 0 radical (unpaired) electrons. The Kier molecular flexibility index (Phi) is 5.61. The maximum absolute atomic E-state index is 14.6. The summed E-state index contributed by atoms with van der Waals surface area (Å²) in [6.45, 7) is 2.42. The van der Waals surface area contributed by atoms with Crippen LogP contribution in [0.15, 0.2) is 47.4 Å². The first-order chi connectivity index (χ1) is 14.4. The second kappa shape index (κ2) is 8.19. The molecule has 2 heterocycles. The molecule has 0 amide bonds. The van der Waals surface area contributed by atoms with Crippen LogP contribution in [0.3, 0.4) is 0 Å². The summed E-state index contributed by atoms with van der Waals surface area (Å²) in [5.74, 6) is -0.599. The fourth-order valence-electron chi connectivity index (χ4n) is 4.05. The molecule has 0 unspecified atom stereocenters. The number of benzene rings is 2. The van der Waals surface area contributed by atoms with E-state index in [2.05, 4.69) is 0 Å². The molecule has 0 aliphatic carbocycles. The molecule has 2 aliphatic heterocycles. The van der Waals surface area contributed by atoms with Crippen molar-refractivity contribution in [3.8, 4) is 0 Å². The van der Waals surface area contributed by atoms with Gasteiger partial charge in [0.25, 0.3) is 5.69 Å². The summed E-state index contributed by atoms with van der Waals surface area (Å²) in [6, 6.07) is 10.7. The molecular weight excluding hydrogens is 411 g/mol. The van der Waals surface area contributed by atoms with Crippen LogP contribution in [-0.2, 0) is 10.0 Å². The summed E-state index contributed by atoms with van der Waals surface area (Å²) < 4.78 is 41.6. The van der Waals surface area contributed by atoms with Gasteiger partial charge in [0.05, 0.1) is 21.6 Å². The van der Waals surface area contributed by atoms with E-state index in [9.17, 15) is 22.9 Å². The molecule has 4 rings (SSSR count). The van der Waals surface area contributed by atoms with E-state index in [0.717, 1.165) is 32.0 Å².